The number of nitrogens with one attached hydrogen (secondary N) is 1. The van der Waals surface area contributed by atoms with Gasteiger partial charge in [0.25, 0.3) is 0 Å². The van der Waals surface area contributed by atoms with Gasteiger partial charge >= 0.3 is 12.2 Å². The molecule has 0 aromatic heterocycles. The first-order chi connectivity index (χ1) is 14.3. The van der Waals surface area contributed by atoms with Crippen LogP contribution in [0, 0.1) is 0 Å². The molecule has 0 unspecified atom stereocenters. The molecule has 30 heavy (non-hydrogen) atoms. The van der Waals surface area contributed by atoms with Crippen molar-refractivity contribution >= 4 is 23.3 Å². The van der Waals surface area contributed by atoms with Crippen LogP contribution in [0.2, 0.25) is 0 Å². The fourth-order valence-corrected chi connectivity index (χ4v) is 3.29. The number of fused-ring (bicyclic) bond motifs is 1. The molecule has 2 aromatic rings. The SMILES string of the molecule is O=C(CN1CCN(c2ccc3c(c2)OCCO3)C1=O)Nc1ccc(C(F)(F)F)cc1. The maximum Gasteiger partial charge on any atom is 0.416 e. The van der Waals surface area contributed by atoms with Crippen molar-refractivity contribution in [1.82, 2.24) is 4.90 Å². The number of carbonyl (C=O) groups is 2. The summed E-state index contributed by atoms with van der Waals surface area (Å²) in [6.45, 7) is 1.43. The van der Waals surface area contributed by atoms with Gasteiger partial charge < -0.3 is 19.7 Å². The van der Waals surface area contributed by atoms with E-state index in [9.17, 15) is 22.8 Å². The van der Waals surface area contributed by atoms with E-state index in [-0.39, 0.29) is 18.3 Å². The Labute approximate surface area is 170 Å². The second-order valence-electron chi connectivity index (χ2n) is 6.81. The normalized spacial score (nSPS) is 16.0. The zero-order valence-electron chi connectivity index (χ0n) is 15.7. The van der Waals surface area contributed by atoms with Gasteiger partial charge in [-0.05, 0) is 36.4 Å². The van der Waals surface area contributed by atoms with E-state index in [1.165, 1.54) is 21.9 Å². The lowest BCUT2D eigenvalue weighted by Crippen LogP contribution is -2.37. The van der Waals surface area contributed by atoms with Crippen LogP contribution in [0.3, 0.4) is 0 Å². The number of alkyl halides is 3. The molecular formula is C20H18F3N3O4. The minimum absolute atomic E-state index is 0.207. The van der Waals surface area contributed by atoms with Crippen molar-refractivity contribution in [1.29, 1.82) is 0 Å². The van der Waals surface area contributed by atoms with Gasteiger partial charge in [-0.25, -0.2) is 4.79 Å². The molecule has 1 N–H and O–H groups in total. The predicted octanol–water partition coefficient (Wildman–Crippen LogP) is 3.36. The minimum atomic E-state index is -4.44. The molecule has 2 aliphatic heterocycles. The first kappa shape index (κ1) is 19.9. The Hall–Kier alpha value is -3.43. The van der Waals surface area contributed by atoms with E-state index in [1.807, 2.05) is 0 Å². The van der Waals surface area contributed by atoms with E-state index in [0.29, 0.717) is 43.5 Å². The van der Waals surface area contributed by atoms with Crippen molar-refractivity contribution in [2.45, 2.75) is 6.18 Å². The first-order valence-corrected chi connectivity index (χ1v) is 9.24. The van der Waals surface area contributed by atoms with Crippen molar-refractivity contribution in [3.05, 3.63) is 48.0 Å². The summed E-state index contributed by atoms with van der Waals surface area (Å²) in [5, 5.41) is 2.51. The molecule has 0 saturated carbocycles. The molecule has 2 aliphatic rings. The number of hydrogen-bond donors (Lipinski definition) is 1. The van der Waals surface area contributed by atoms with E-state index < -0.39 is 17.6 Å². The first-order valence-electron chi connectivity index (χ1n) is 9.24. The number of anilines is 2. The molecule has 1 saturated heterocycles. The van der Waals surface area contributed by atoms with Crippen molar-refractivity contribution < 1.29 is 32.2 Å². The average Bonchev–Trinajstić information content (AvgIpc) is 3.07. The number of ether oxygens (including phenoxy) is 2. The molecular weight excluding hydrogens is 403 g/mol. The van der Waals surface area contributed by atoms with Crippen LogP contribution in [0.25, 0.3) is 0 Å². The number of urea groups is 1. The molecule has 0 atom stereocenters. The van der Waals surface area contributed by atoms with E-state index in [1.54, 1.807) is 18.2 Å². The third-order valence-electron chi connectivity index (χ3n) is 4.76. The molecule has 4 rings (SSSR count). The van der Waals surface area contributed by atoms with E-state index in [0.717, 1.165) is 12.1 Å². The van der Waals surface area contributed by atoms with Crippen LogP contribution >= 0.6 is 0 Å². The Kier molecular flexibility index (Phi) is 5.15. The maximum absolute atomic E-state index is 12.7. The van der Waals surface area contributed by atoms with E-state index in [2.05, 4.69) is 5.32 Å². The van der Waals surface area contributed by atoms with Crippen LogP contribution in [0.4, 0.5) is 29.3 Å². The third kappa shape index (κ3) is 4.12. The van der Waals surface area contributed by atoms with Crippen molar-refractivity contribution in [2.75, 3.05) is 43.1 Å². The summed E-state index contributed by atoms with van der Waals surface area (Å²) in [5.41, 5.74) is 0.0588. The second-order valence-corrected chi connectivity index (χ2v) is 6.81. The van der Waals surface area contributed by atoms with E-state index >= 15 is 0 Å². The van der Waals surface area contributed by atoms with Crippen LogP contribution in [0.1, 0.15) is 5.56 Å². The number of rotatable bonds is 4. The summed E-state index contributed by atoms with van der Waals surface area (Å²) in [6.07, 6.45) is -4.44. The zero-order valence-corrected chi connectivity index (χ0v) is 15.7. The predicted molar refractivity (Wildman–Crippen MR) is 102 cm³/mol. The zero-order chi connectivity index (χ0) is 21.3. The van der Waals surface area contributed by atoms with Gasteiger partial charge in [-0.2, -0.15) is 13.2 Å². The molecule has 0 radical (unpaired) electrons. The van der Waals surface area contributed by atoms with Crippen molar-refractivity contribution in [2.24, 2.45) is 0 Å². The fraction of sp³-hybridized carbons (Fsp3) is 0.300. The summed E-state index contributed by atoms with van der Waals surface area (Å²) in [7, 11) is 0. The number of amides is 3. The summed E-state index contributed by atoms with van der Waals surface area (Å²) in [6, 6.07) is 8.99. The molecule has 0 aliphatic carbocycles. The van der Waals surface area contributed by atoms with Gasteiger partial charge in [0.15, 0.2) is 11.5 Å². The molecule has 0 bridgehead atoms. The third-order valence-corrected chi connectivity index (χ3v) is 4.76. The monoisotopic (exact) mass is 421 g/mol. The van der Waals surface area contributed by atoms with Gasteiger partial charge in [-0.1, -0.05) is 0 Å². The van der Waals surface area contributed by atoms with Crippen LogP contribution in [0.15, 0.2) is 42.5 Å². The number of carbonyl (C=O) groups excluding carboxylic acids is 2. The molecule has 3 amide bonds. The standard InChI is InChI=1S/C20H18F3N3O4/c21-20(22,23)13-1-3-14(4-2-13)24-18(27)12-25-7-8-26(19(25)28)15-5-6-16-17(11-15)30-10-9-29-16/h1-6,11H,7-10,12H2,(H,24,27). The Morgan fingerprint density at radius 2 is 1.70 bits per heavy atom. The summed E-state index contributed by atoms with van der Waals surface area (Å²) < 4.78 is 48.8. The molecule has 2 aromatic carbocycles. The highest BCUT2D eigenvalue weighted by Gasteiger charge is 2.32. The van der Waals surface area contributed by atoms with Crippen LogP contribution < -0.4 is 19.7 Å². The highest BCUT2D eigenvalue weighted by Crippen LogP contribution is 2.35. The lowest BCUT2D eigenvalue weighted by atomic mass is 10.2. The summed E-state index contributed by atoms with van der Waals surface area (Å²) in [4.78, 5) is 27.8. The Bertz CT molecular complexity index is 963. The molecule has 10 heteroatoms. The highest BCUT2D eigenvalue weighted by molar-refractivity contribution is 5.99. The summed E-state index contributed by atoms with van der Waals surface area (Å²) >= 11 is 0. The highest BCUT2D eigenvalue weighted by atomic mass is 19.4. The van der Waals surface area contributed by atoms with Crippen molar-refractivity contribution in [3.8, 4) is 11.5 Å². The fourth-order valence-electron chi connectivity index (χ4n) is 3.29. The smallest absolute Gasteiger partial charge is 0.416 e. The quantitative estimate of drug-likeness (QED) is 0.822. The Morgan fingerprint density at radius 3 is 2.40 bits per heavy atom. The van der Waals surface area contributed by atoms with Crippen LogP contribution in [-0.4, -0.2) is 49.7 Å². The van der Waals surface area contributed by atoms with Gasteiger partial charge in [0.05, 0.1) is 5.56 Å². The molecule has 7 nitrogen and oxygen atoms in total. The minimum Gasteiger partial charge on any atom is -0.486 e. The Balaban J connectivity index is 1.36. The summed E-state index contributed by atoms with van der Waals surface area (Å²) in [5.74, 6) is 0.682. The topological polar surface area (TPSA) is 71.1 Å². The molecule has 0 spiro atoms. The van der Waals surface area contributed by atoms with Crippen LogP contribution in [0.5, 0.6) is 11.5 Å². The lowest BCUT2D eigenvalue weighted by molar-refractivity contribution is -0.137. The number of benzene rings is 2. The molecule has 158 valence electrons. The van der Waals surface area contributed by atoms with Gasteiger partial charge in [0.1, 0.15) is 19.8 Å². The van der Waals surface area contributed by atoms with Gasteiger partial charge in [0.2, 0.25) is 5.91 Å². The number of halogens is 3. The maximum atomic E-state index is 12.7. The van der Waals surface area contributed by atoms with Gasteiger partial charge in [-0.3, -0.25) is 9.69 Å². The second kappa shape index (κ2) is 7.77. The van der Waals surface area contributed by atoms with Gasteiger partial charge in [-0.15, -0.1) is 0 Å². The largest absolute Gasteiger partial charge is 0.486 e. The molecule has 2 heterocycles. The van der Waals surface area contributed by atoms with Crippen molar-refractivity contribution in [3.63, 3.8) is 0 Å². The number of nitrogens with zero attached hydrogens (tertiary/aromatic N) is 2. The van der Waals surface area contributed by atoms with E-state index in [4.69, 9.17) is 9.47 Å². The lowest BCUT2D eigenvalue weighted by Gasteiger charge is -2.22. The Morgan fingerprint density at radius 1 is 1.00 bits per heavy atom. The molecule has 1 fully saturated rings. The average molecular weight is 421 g/mol. The van der Waals surface area contributed by atoms with Gasteiger partial charge in [0, 0.05) is 30.5 Å². The number of hydrogen-bond acceptors (Lipinski definition) is 4. The van der Waals surface area contributed by atoms with Crippen LogP contribution in [-0.2, 0) is 11.0 Å².